The average Bonchev–Trinajstić information content (AvgIpc) is 3.00. The van der Waals surface area contributed by atoms with Gasteiger partial charge in [0.25, 0.3) is 0 Å². The topological polar surface area (TPSA) is 110 Å². The van der Waals surface area contributed by atoms with Crippen LogP contribution in [0.15, 0.2) is 47.3 Å². The third kappa shape index (κ3) is 8.28. The number of halogens is 1. The van der Waals surface area contributed by atoms with E-state index in [0.29, 0.717) is 11.8 Å². The quantitative estimate of drug-likeness (QED) is 0.303. The van der Waals surface area contributed by atoms with Gasteiger partial charge >= 0.3 is 0 Å². The molecule has 9 nitrogen and oxygen atoms in total. The van der Waals surface area contributed by atoms with Crippen LogP contribution in [0.25, 0.3) is 0 Å². The summed E-state index contributed by atoms with van der Waals surface area (Å²) in [5.41, 5.74) is 3.78. The lowest BCUT2D eigenvalue weighted by Gasteiger charge is -2.32. The van der Waals surface area contributed by atoms with E-state index >= 15 is 0 Å². The molecule has 4 rings (SSSR count). The molecule has 35 heavy (non-hydrogen) atoms. The van der Waals surface area contributed by atoms with Crippen LogP contribution in [0.3, 0.4) is 0 Å². The molecule has 0 aromatic carbocycles. The summed E-state index contributed by atoms with van der Waals surface area (Å²) >= 11 is 0. The number of quaternary nitrogens is 1. The summed E-state index contributed by atoms with van der Waals surface area (Å²) in [6.45, 7) is 3.90. The predicted molar refractivity (Wildman–Crippen MR) is 134 cm³/mol. The number of ether oxygens (including phenoxy) is 1. The van der Waals surface area contributed by atoms with E-state index in [9.17, 15) is 8.42 Å². The number of nitrogens with zero attached hydrogens (tertiary/aromatic N) is 2. The molecule has 1 fully saturated rings. The van der Waals surface area contributed by atoms with Gasteiger partial charge in [-0.3, -0.25) is 0 Å². The minimum atomic E-state index is -3.26. The Morgan fingerprint density at radius 2 is 1.97 bits per heavy atom. The highest BCUT2D eigenvalue weighted by atomic mass is 35.5. The fourth-order valence-electron chi connectivity index (χ4n) is 4.96. The van der Waals surface area contributed by atoms with Crippen molar-refractivity contribution in [2.75, 3.05) is 50.2 Å². The molecule has 0 bridgehead atoms. The number of anilines is 2. The monoisotopic (exact) mass is 524 g/mol. The lowest BCUT2D eigenvalue weighted by Crippen LogP contribution is -3.12. The minimum absolute atomic E-state index is 0. The Hall–Kier alpha value is -1.98. The van der Waals surface area contributed by atoms with E-state index in [-0.39, 0.29) is 24.5 Å². The smallest absolute Gasteiger partial charge is 0.229 e. The van der Waals surface area contributed by atoms with Crippen molar-refractivity contribution in [3.63, 3.8) is 0 Å². The fraction of sp³-hybridized carbons (Fsp3) is 0.583. The molecule has 0 spiro atoms. The first kappa shape index (κ1) is 27.6. The molecule has 1 aromatic heterocycles. The van der Waals surface area contributed by atoms with Gasteiger partial charge in [0.15, 0.2) is 0 Å². The Bertz CT molecular complexity index is 1060. The van der Waals surface area contributed by atoms with Crippen LogP contribution >= 0.6 is 0 Å². The number of hydrogen-bond donors (Lipinski definition) is 4. The van der Waals surface area contributed by atoms with Crippen LogP contribution in [0.2, 0.25) is 0 Å². The van der Waals surface area contributed by atoms with Crippen molar-refractivity contribution in [3.05, 3.63) is 47.3 Å². The van der Waals surface area contributed by atoms with Crippen LogP contribution in [0, 0.1) is 0 Å². The van der Waals surface area contributed by atoms with E-state index in [0.717, 1.165) is 70.5 Å². The second kappa shape index (κ2) is 12.8. The van der Waals surface area contributed by atoms with E-state index < -0.39 is 10.0 Å². The second-order valence-corrected chi connectivity index (χ2v) is 11.2. The first-order valence-corrected chi connectivity index (χ1v) is 14.1. The first-order chi connectivity index (χ1) is 16.4. The van der Waals surface area contributed by atoms with Gasteiger partial charge in [-0.1, -0.05) is 25.0 Å². The van der Waals surface area contributed by atoms with Crippen molar-refractivity contribution in [1.29, 1.82) is 0 Å². The van der Waals surface area contributed by atoms with Crippen molar-refractivity contribution in [3.8, 4) is 0 Å². The third-order valence-corrected chi connectivity index (χ3v) is 7.38. The van der Waals surface area contributed by atoms with Gasteiger partial charge in [-0.05, 0) is 37.0 Å². The lowest BCUT2D eigenvalue weighted by atomic mass is 9.91. The Labute approximate surface area is 215 Å². The Kier molecular flexibility index (Phi) is 10.1. The van der Waals surface area contributed by atoms with Crippen LogP contribution in [-0.2, 0) is 14.8 Å². The van der Waals surface area contributed by atoms with Crippen molar-refractivity contribution in [1.82, 2.24) is 14.7 Å². The van der Waals surface area contributed by atoms with Gasteiger partial charge in [0.05, 0.1) is 19.4 Å². The summed E-state index contributed by atoms with van der Waals surface area (Å²) in [5, 5.41) is 6.80. The Balaban J connectivity index is 0.00000342. The number of rotatable bonds is 9. The van der Waals surface area contributed by atoms with Crippen molar-refractivity contribution in [2.45, 2.75) is 50.6 Å². The van der Waals surface area contributed by atoms with Crippen molar-refractivity contribution < 1.29 is 30.5 Å². The first-order valence-electron chi connectivity index (χ1n) is 12.2. The molecule has 1 aliphatic heterocycles. The molecule has 4 N–H and O–H groups in total. The summed E-state index contributed by atoms with van der Waals surface area (Å²) < 4.78 is 31.6. The molecule has 1 aromatic rings. The standard InChI is InChI=1S/C24H36N6O3S.ClH/c1-33-15-14-30-13-5-6-18-9-10-20(16-19(18)17-30)26-24-25-12-11-23(28-24)27-21-7-3-4-8-22(21)29-34(2,31)32;/h6,10-12,16,21-22,29H,3-5,7-9,13-15,17H2,1-2H3,(H2,25,26,27,28);1H/t21-,22-;/m1./s1. The highest BCUT2D eigenvalue weighted by Crippen LogP contribution is 2.25. The van der Waals surface area contributed by atoms with Crippen molar-refractivity contribution >= 4 is 21.8 Å². The van der Waals surface area contributed by atoms with Gasteiger partial charge in [0.1, 0.15) is 18.9 Å². The molecule has 0 amide bonds. The molecule has 3 aliphatic rings. The number of fused-ring (bicyclic) bond motifs is 1. The van der Waals surface area contributed by atoms with E-state index in [1.165, 1.54) is 22.3 Å². The molecule has 1 unspecified atom stereocenters. The zero-order valence-corrected chi connectivity index (χ0v) is 22.1. The SMILES string of the molecule is COCC[NH+]1CCC=C2CC=C(Nc3nccc(N[C@@H]4CCCC[C@H]4NS(C)(=O)=O)n3)C=C2C1.[Cl-]. The molecular formula is C24H37ClN6O3S. The number of methoxy groups -OCH3 is 1. The Morgan fingerprint density at radius 3 is 2.74 bits per heavy atom. The van der Waals surface area contributed by atoms with E-state index in [4.69, 9.17) is 4.74 Å². The zero-order chi connectivity index (χ0) is 24.0. The van der Waals surface area contributed by atoms with Crippen LogP contribution in [0.5, 0.6) is 0 Å². The lowest BCUT2D eigenvalue weighted by molar-refractivity contribution is -0.894. The maximum atomic E-state index is 11.8. The fourth-order valence-corrected chi connectivity index (χ4v) is 5.79. The molecule has 0 radical (unpaired) electrons. The van der Waals surface area contributed by atoms with Gasteiger partial charge in [0, 0.05) is 43.1 Å². The van der Waals surface area contributed by atoms with Crippen molar-refractivity contribution in [2.24, 2.45) is 0 Å². The number of hydrogen-bond acceptors (Lipinski definition) is 7. The highest BCUT2D eigenvalue weighted by Gasteiger charge is 2.28. The molecule has 11 heteroatoms. The maximum Gasteiger partial charge on any atom is 0.229 e. The molecule has 194 valence electrons. The largest absolute Gasteiger partial charge is 1.00 e. The predicted octanol–water partition coefficient (Wildman–Crippen LogP) is -1.76. The number of sulfonamides is 1. The molecule has 1 saturated carbocycles. The van der Waals surface area contributed by atoms with E-state index in [2.05, 4.69) is 43.6 Å². The van der Waals surface area contributed by atoms with Crippen LogP contribution in [0.1, 0.15) is 38.5 Å². The molecule has 0 saturated heterocycles. The summed E-state index contributed by atoms with van der Waals surface area (Å²) in [4.78, 5) is 10.6. The van der Waals surface area contributed by atoms with Gasteiger partial charge in [-0.25, -0.2) is 18.1 Å². The average molecular weight is 525 g/mol. The van der Waals surface area contributed by atoms with Crippen LogP contribution in [-0.4, -0.2) is 70.1 Å². The maximum absolute atomic E-state index is 11.8. The Morgan fingerprint density at radius 1 is 1.17 bits per heavy atom. The number of nitrogens with one attached hydrogen (secondary N) is 4. The van der Waals surface area contributed by atoms with E-state index in [1.54, 1.807) is 13.3 Å². The van der Waals surface area contributed by atoms with Gasteiger partial charge < -0.3 is 32.7 Å². The summed E-state index contributed by atoms with van der Waals surface area (Å²) in [6, 6.07) is 1.70. The number of allylic oxidation sites excluding steroid dienone is 2. The normalized spacial score (nSPS) is 24.6. The minimum Gasteiger partial charge on any atom is -1.00 e. The van der Waals surface area contributed by atoms with Gasteiger partial charge in [-0.2, -0.15) is 4.98 Å². The third-order valence-electron chi connectivity index (χ3n) is 6.65. The molecule has 3 atom stereocenters. The second-order valence-electron chi connectivity index (χ2n) is 9.39. The van der Waals surface area contributed by atoms with Gasteiger partial charge in [-0.15, -0.1) is 0 Å². The zero-order valence-electron chi connectivity index (χ0n) is 20.5. The van der Waals surface area contributed by atoms with E-state index in [1.807, 2.05) is 6.07 Å². The van der Waals surface area contributed by atoms with Gasteiger partial charge in [0.2, 0.25) is 16.0 Å². The molecular weight excluding hydrogens is 488 g/mol. The molecule has 2 aliphatic carbocycles. The molecule has 2 heterocycles. The highest BCUT2D eigenvalue weighted by molar-refractivity contribution is 7.88. The van der Waals surface area contributed by atoms with Crippen LogP contribution in [0.4, 0.5) is 11.8 Å². The van der Waals surface area contributed by atoms with Crippen LogP contribution < -0.4 is 32.7 Å². The summed E-state index contributed by atoms with van der Waals surface area (Å²) in [6.07, 6.45) is 15.5. The summed E-state index contributed by atoms with van der Waals surface area (Å²) in [7, 11) is -1.51. The number of aromatic nitrogens is 2. The summed E-state index contributed by atoms with van der Waals surface area (Å²) in [5.74, 6) is 1.22.